The Bertz CT molecular complexity index is 541. The van der Waals surface area contributed by atoms with Gasteiger partial charge in [-0.3, -0.25) is 0 Å². The van der Waals surface area contributed by atoms with E-state index in [4.69, 9.17) is 9.84 Å². The summed E-state index contributed by atoms with van der Waals surface area (Å²) in [6.07, 6.45) is 1.24. The molecule has 2 N–H and O–H groups in total. The van der Waals surface area contributed by atoms with Crippen molar-refractivity contribution in [3.63, 3.8) is 0 Å². The van der Waals surface area contributed by atoms with Gasteiger partial charge in [0, 0.05) is 24.8 Å². The van der Waals surface area contributed by atoms with Gasteiger partial charge in [-0.05, 0) is 31.0 Å². The minimum atomic E-state index is -3.69. The largest absolute Gasteiger partial charge is 0.392 e. The van der Waals surface area contributed by atoms with E-state index < -0.39 is 22.4 Å². The van der Waals surface area contributed by atoms with Crippen LogP contribution < -0.4 is 4.72 Å². The average molecular weight is 289 g/mol. The van der Waals surface area contributed by atoms with Gasteiger partial charge in [0.2, 0.25) is 10.0 Å². The predicted octanol–water partition coefficient (Wildman–Crippen LogP) is 0.775. The predicted molar refractivity (Wildman–Crippen MR) is 66.5 cm³/mol. The van der Waals surface area contributed by atoms with E-state index in [2.05, 4.69) is 4.72 Å². The van der Waals surface area contributed by atoms with Gasteiger partial charge in [-0.2, -0.15) is 0 Å². The summed E-state index contributed by atoms with van der Waals surface area (Å²) in [6, 6.07) is 3.22. The highest BCUT2D eigenvalue weighted by Crippen LogP contribution is 2.17. The van der Waals surface area contributed by atoms with Crippen molar-refractivity contribution >= 4 is 10.0 Å². The number of aliphatic hydroxyl groups is 1. The quantitative estimate of drug-likeness (QED) is 0.858. The molecule has 19 heavy (non-hydrogen) atoms. The van der Waals surface area contributed by atoms with Crippen LogP contribution in [0.1, 0.15) is 18.4 Å². The Hall–Kier alpha value is -1.02. The SMILES string of the molecule is O=S(=O)(NC1CCOCC1)c1ccc(F)c(CO)c1. The van der Waals surface area contributed by atoms with Crippen LogP contribution in [-0.2, 0) is 21.4 Å². The fourth-order valence-corrected chi connectivity index (χ4v) is 3.30. The third-order valence-electron chi connectivity index (χ3n) is 3.04. The molecule has 1 aliphatic rings. The first-order valence-corrected chi connectivity index (χ1v) is 7.50. The molecule has 7 heteroatoms. The minimum Gasteiger partial charge on any atom is -0.392 e. The Kier molecular flexibility index (Phi) is 4.51. The molecule has 0 amide bonds. The summed E-state index contributed by atoms with van der Waals surface area (Å²) in [5.74, 6) is -0.618. The average Bonchev–Trinajstić information content (AvgIpc) is 2.39. The lowest BCUT2D eigenvalue weighted by Gasteiger charge is -2.23. The first-order valence-electron chi connectivity index (χ1n) is 6.02. The van der Waals surface area contributed by atoms with Gasteiger partial charge in [-0.15, -0.1) is 0 Å². The number of ether oxygens (including phenoxy) is 1. The highest BCUT2D eigenvalue weighted by Gasteiger charge is 2.22. The number of sulfonamides is 1. The van der Waals surface area contributed by atoms with E-state index in [-0.39, 0.29) is 16.5 Å². The van der Waals surface area contributed by atoms with Gasteiger partial charge in [0.15, 0.2) is 0 Å². The summed E-state index contributed by atoms with van der Waals surface area (Å²) in [6.45, 7) is 0.517. The molecule has 0 saturated carbocycles. The molecule has 106 valence electrons. The molecular weight excluding hydrogens is 273 g/mol. The van der Waals surface area contributed by atoms with Crippen molar-refractivity contribution in [2.24, 2.45) is 0 Å². The molecule has 1 aliphatic heterocycles. The topological polar surface area (TPSA) is 75.6 Å². The molecule has 2 rings (SSSR count). The van der Waals surface area contributed by atoms with E-state index in [0.717, 1.165) is 12.1 Å². The lowest BCUT2D eigenvalue weighted by Crippen LogP contribution is -2.38. The van der Waals surface area contributed by atoms with E-state index in [1.807, 2.05) is 0 Å². The Balaban J connectivity index is 2.18. The maximum atomic E-state index is 13.2. The number of halogens is 1. The van der Waals surface area contributed by atoms with Crippen molar-refractivity contribution < 1.29 is 22.7 Å². The van der Waals surface area contributed by atoms with Gasteiger partial charge in [-0.25, -0.2) is 17.5 Å². The standard InChI is InChI=1S/C12H16FNO4S/c13-12-2-1-11(7-9(12)8-15)19(16,17)14-10-3-5-18-6-4-10/h1-2,7,10,14-15H,3-6,8H2. The Labute approximate surface area is 111 Å². The molecule has 1 aromatic rings. The van der Waals surface area contributed by atoms with Crippen molar-refractivity contribution in [2.75, 3.05) is 13.2 Å². The second kappa shape index (κ2) is 5.96. The van der Waals surface area contributed by atoms with E-state index in [1.54, 1.807) is 0 Å². The van der Waals surface area contributed by atoms with Crippen LogP contribution in [0.25, 0.3) is 0 Å². The fourth-order valence-electron chi connectivity index (χ4n) is 1.94. The number of rotatable bonds is 4. The Morgan fingerprint density at radius 2 is 2.05 bits per heavy atom. The minimum absolute atomic E-state index is 0.0325. The zero-order valence-corrected chi connectivity index (χ0v) is 11.1. The van der Waals surface area contributed by atoms with Crippen LogP contribution in [0.2, 0.25) is 0 Å². The zero-order valence-electron chi connectivity index (χ0n) is 10.3. The van der Waals surface area contributed by atoms with E-state index >= 15 is 0 Å². The Morgan fingerprint density at radius 3 is 2.68 bits per heavy atom. The normalized spacial score (nSPS) is 17.6. The second-order valence-electron chi connectivity index (χ2n) is 4.42. The first kappa shape index (κ1) is 14.4. The van der Waals surface area contributed by atoms with E-state index in [9.17, 15) is 12.8 Å². The maximum Gasteiger partial charge on any atom is 0.240 e. The van der Waals surface area contributed by atoms with Crippen molar-refractivity contribution in [3.8, 4) is 0 Å². The third kappa shape index (κ3) is 3.50. The lowest BCUT2D eigenvalue weighted by molar-refractivity contribution is 0.0832. The second-order valence-corrected chi connectivity index (χ2v) is 6.13. The molecular formula is C12H16FNO4S. The number of hydrogen-bond acceptors (Lipinski definition) is 4. The molecule has 0 aromatic heterocycles. The molecule has 5 nitrogen and oxygen atoms in total. The summed E-state index contributed by atoms with van der Waals surface area (Å²) >= 11 is 0. The molecule has 0 atom stereocenters. The van der Waals surface area contributed by atoms with Crippen LogP contribution in [0, 0.1) is 5.82 Å². The van der Waals surface area contributed by atoms with Crippen molar-refractivity contribution in [3.05, 3.63) is 29.6 Å². The zero-order chi connectivity index (χ0) is 13.9. The van der Waals surface area contributed by atoms with Crippen molar-refractivity contribution in [2.45, 2.75) is 30.4 Å². The number of nitrogens with one attached hydrogen (secondary N) is 1. The van der Waals surface area contributed by atoms with E-state index in [1.165, 1.54) is 6.07 Å². The highest BCUT2D eigenvalue weighted by molar-refractivity contribution is 7.89. The Morgan fingerprint density at radius 1 is 1.37 bits per heavy atom. The van der Waals surface area contributed by atoms with Crippen molar-refractivity contribution in [1.82, 2.24) is 4.72 Å². The highest BCUT2D eigenvalue weighted by atomic mass is 32.2. The summed E-state index contributed by atoms with van der Waals surface area (Å²) in [7, 11) is -3.69. The van der Waals surface area contributed by atoms with Gasteiger partial charge in [-0.1, -0.05) is 0 Å². The summed E-state index contributed by atoms with van der Waals surface area (Å²) in [4.78, 5) is -0.0376. The number of hydrogen-bond donors (Lipinski definition) is 2. The summed E-state index contributed by atoms with van der Waals surface area (Å²) < 4.78 is 45.2. The van der Waals surface area contributed by atoms with Crippen LogP contribution in [0.3, 0.4) is 0 Å². The maximum absolute atomic E-state index is 13.2. The van der Waals surface area contributed by atoms with Crippen molar-refractivity contribution in [1.29, 1.82) is 0 Å². The van der Waals surface area contributed by atoms with Gasteiger partial charge < -0.3 is 9.84 Å². The third-order valence-corrected chi connectivity index (χ3v) is 4.56. The van der Waals surface area contributed by atoms with Crippen LogP contribution in [0.15, 0.2) is 23.1 Å². The molecule has 0 radical (unpaired) electrons. The number of aliphatic hydroxyl groups excluding tert-OH is 1. The molecule has 1 heterocycles. The van der Waals surface area contributed by atoms with Gasteiger partial charge in [0.05, 0.1) is 11.5 Å². The smallest absolute Gasteiger partial charge is 0.240 e. The molecule has 0 bridgehead atoms. The molecule has 1 fully saturated rings. The fraction of sp³-hybridized carbons (Fsp3) is 0.500. The monoisotopic (exact) mass is 289 g/mol. The van der Waals surface area contributed by atoms with Gasteiger partial charge in [0.25, 0.3) is 0 Å². The van der Waals surface area contributed by atoms with E-state index in [0.29, 0.717) is 26.1 Å². The molecule has 0 aliphatic carbocycles. The summed E-state index contributed by atoms with van der Waals surface area (Å²) in [5.41, 5.74) is -0.0325. The van der Waals surface area contributed by atoms with Crippen LogP contribution in [0.5, 0.6) is 0 Å². The first-order chi connectivity index (χ1) is 9.03. The van der Waals surface area contributed by atoms with Gasteiger partial charge >= 0.3 is 0 Å². The van der Waals surface area contributed by atoms with Crippen LogP contribution in [-0.4, -0.2) is 32.8 Å². The molecule has 0 spiro atoms. The number of benzene rings is 1. The van der Waals surface area contributed by atoms with Gasteiger partial charge in [0.1, 0.15) is 5.82 Å². The van der Waals surface area contributed by atoms with Crippen LogP contribution in [0.4, 0.5) is 4.39 Å². The molecule has 0 unspecified atom stereocenters. The lowest BCUT2D eigenvalue weighted by atomic mass is 10.1. The van der Waals surface area contributed by atoms with Crippen LogP contribution >= 0.6 is 0 Å². The molecule has 1 aromatic carbocycles. The summed E-state index contributed by atoms with van der Waals surface area (Å²) in [5, 5.41) is 8.96. The molecule has 1 saturated heterocycles.